The van der Waals surface area contributed by atoms with E-state index in [0.717, 1.165) is 0 Å². The van der Waals surface area contributed by atoms with Crippen LogP contribution in [0.4, 0.5) is 5.95 Å². The molecule has 0 bridgehead atoms. The Balaban J connectivity index is 3.06. The number of nitrogen functional groups attached to an aromatic ring is 1. The predicted octanol–water partition coefficient (Wildman–Crippen LogP) is 0.172. The molecule has 0 radical (unpaired) electrons. The van der Waals surface area contributed by atoms with Gasteiger partial charge in [-0.2, -0.15) is 0 Å². The highest BCUT2D eigenvalue weighted by Crippen LogP contribution is 2.12. The van der Waals surface area contributed by atoms with Crippen molar-refractivity contribution in [3.63, 3.8) is 0 Å². The third kappa shape index (κ3) is 1.77. The molecule has 1 rings (SSSR count). The number of hydrogen-bond donors (Lipinski definition) is 2. The summed E-state index contributed by atoms with van der Waals surface area (Å²) in [7, 11) is 3.36. The first-order valence-corrected chi connectivity index (χ1v) is 4.49. The summed E-state index contributed by atoms with van der Waals surface area (Å²) in [6.07, 6.45) is 0. The van der Waals surface area contributed by atoms with Gasteiger partial charge in [0.25, 0.3) is 0 Å². The fourth-order valence-corrected chi connectivity index (χ4v) is 1.47. The number of carbonyl (C=O) groups excluding carboxylic acids is 1. The lowest BCUT2D eigenvalue weighted by Gasteiger charge is -2.17. The zero-order valence-electron chi connectivity index (χ0n) is 8.31. The Morgan fingerprint density at radius 3 is 2.64 bits per heavy atom. The van der Waals surface area contributed by atoms with Crippen molar-refractivity contribution >= 4 is 24.1 Å². The molecule has 0 aliphatic carbocycles. The van der Waals surface area contributed by atoms with Crippen molar-refractivity contribution in [1.82, 2.24) is 19.7 Å². The van der Waals surface area contributed by atoms with E-state index in [2.05, 4.69) is 10.2 Å². The molecular formula is C7H13N5OS. The molecule has 7 heteroatoms. The molecule has 1 aromatic rings. The maximum Gasteiger partial charge on any atom is 0.245 e. The zero-order valence-corrected chi connectivity index (χ0v) is 9.13. The van der Waals surface area contributed by atoms with E-state index in [1.807, 2.05) is 0 Å². The molecular weight excluding hydrogens is 202 g/mol. The number of nitrogens with zero attached hydrogens (tertiary/aromatic N) is 3. The number of carbonyl (C=O) groups is 1. The number of hydrogen-bond acceptors (Lipinski definition) is 4. The first kappa shape index (κ1) is 10.7. The van der Waals surface area contributed by atoms with E-state index < -0.39 is 6.04 Å². The van der Waals surface area contributed by atoms with Crippen molar-refractivity contribution in [3.05, 3.63) is 4.77 Å². The molecule has 0 fully saturated rings. The van der Waals surface area contributed by atoms with E-state index in [1.54, 1.807) is 21.0 Å². The highest BCUT2D eigenvalue weighted by Gasteiger charge is 2.19. The summed E-state index contributed by atoms with van der Waals surface area (Å²) >= 11 is 4.95. The topological polar surface area (TPSA) is 79.9 Å². The largest absolute Gasteiger partial charge is 0.368 e. The van der Waals surface area contributed by atoms with Crippen LogP contribution >= 0.6 is 12.2 Å². The van der Waals surface area contributed by atoms with Crippen LogP contribution in [0.3, 0.4) is 0 Å². The van der Waals surface area contributed by atoms with Gasteiger partial charge in [-0.05, 0) is 19.1 Å². The molecule has 0 aromatic carbocycles. The molecule has 3 N–H and O–H groups in total. The minimum absolute atomic E-state index is 0.0748. The van der Waals surface area contributed by atoms with Gasteiger partial charge in [0.15, 0.2) is 4.77 Å². The van der Waals surface area contributed by atoms with Crippen molar-refractivity contribution in [2.45, 2.75) is 13.0 Å². The van der Waals surface area contributed by atoms with Crippen LogP contribution in [0.2, 0.25) is 0 Å². The van der Waals surface area contributed by atoms with Gasteiger partial charge >= 0.3 is 0 Å². The molecule has 0 aliphatic rings. The van der Waals surface area contributed by atoms with Gasteiger partial charge in [0.05, 0.1) is 0 Å². The van der Waals surface area contributed by atoms with Crippen LogP contribution in [0.5, 0.6) is 0 Å². The molecule has 1 unspecified atom stereocenters. The summed E-state index contributed by atoms with van der Waals surface area (Å²) in [6, 6.07) is -0.434. The van der Waals surface area contributed by atoms with Crippen molar-refractivity contribution in [2.24, 2.45) is 0 Å². The van der Waals surface area contributed by atoms with Gasteiger partial charge < -0.3 is 10.6 Å². The van der Waals surface area contributed by atoms with Gasteiger partial charge in [-0.25, -0.2) is 5.10 Å². The van der Waals surface area contributed by atoms with E-state index in [4.69, 9.17) is 18.0 Å². The number of amides is 1. The Bertz CT molecular complexity index is 393. The second-order valence-electron chi connectivity index (χ2n) is 3.17. The van der Waals surface area contributed by atoms with Gasteiger partial charge in [0.2, 0.25) is 11.9 Å². The van der Waals surface area contributed by atoms with Crippen LogP contribution in [0.25, 0.3) is 0 Å². The quantitative estimate of drug-likeness (QED) is 0.689. The highest BCUT2D eigenvalue weighted by atomic mass is 32.1. The summed E-state index contributed by atoms with van der Waals surface area (Å²) in [4.78, 5) is 13.1. The van der Waals surface area contributed by atoms with Crippen molar-refractivity contribution in [2.75, 3.05) is 19.8 Å². The number of rotatable bonds is 2. The molecule has 0 spiro atoms. The fourth-order valence-electron chi connectivity index (χ4n) is 1.18. The van der Waals surface area contributed by atoms with Crippen LogP contribution in [0, 0.1) is 4.77 Å². The summed E-state index contributed by atoms with van der Waals surface area (Å²) in [5.41, 5.74) is 5.56. The number of aromatic nitrogens is 3. The summed E-state index contributed by atoms with van der Waals surface area (Å²) in [5.74, 6) is 0.145. The summed E-state index contributed by atoms with van der Waals surface area (Å²) in [5, 5.41) is 6.26. The molecule has 14 heavy (non-hydrogen) atoms. The van der Waals surface area contributed by atoms with Crippen LogP contribution in [-0.2, 0) is 4.79 Å². The minimum Gasteiger partial charge on any atom is -0.368 e. The minimum atomic E-state index is -0.434. The van der Waals surface area contributed by atoms with Gasteiger partial charge in [-0.1, -0.05) is 0 Å². The molecule has 1 heterocycles. The van der Waals surface area contributed by atoms with E-state index in [0.29, 0.717) is 4.77 Å². The molecule has 0 aliphatic heterocycles. The molecule has 0 saturated heterocycles. The van der Waals surface area contributed by atoms with E-state index >= 15 is 0 Å². The number of nitrogens with one attached hydrogen (secondary N) is 1. The Labute approximate surface area is 86.7 Å². The number of anilines is 1. The van der Waals surface area contributed by atoms with Crippen molar-refractivity contribution in [3.8, 4) is 0 Å². The van der Waals surface area contributed by atoms with Crippen molar-refractivity contribution in [1.29, 1.82) is 0 Å². The highest BCUT2D eigenvalue weighted by molar-refractivity contribution is 7.71. The third-order valence-electron chi connectivity index (χ3n) is 1.92. The van der Waals surface area contributed by atoms with Crippen LogP contribution in [0.15, 0.2) is 0 Å². The standard InChI is InChI=1S/C7H13N5OS/c1-4(5(13)11(2)3)12-6(8)9-10-7(12)14/h4H,1-3H3,(H2,8,9)(H,10,14). The second kappa shape index (κ2) is 3.79. The Hall–Kier alpha value is -1.37. The van der Waals surface area contributed by atoms with Crippen LogP contribution in [0.1, 0.15) is 13.0 Å². The summed E-state index contributed by atoms with van der Waals surface area (Å²) < 4.78 is 1.84. The smallest absolute Gasteiger partial charge is 0.245 e. The predicted molar refractivity (Wildman–Crippen MR) is 55.2 cm³/mol. The summed E-state index contributed by atoms with van der Waals surface area (Å²) in [6.45, 7) is 1.73. The van der Waals surface area contributed by atoms with E-state index in [-0.39, 0.29) is 11.9 Å². The first-order chi connectivity index (χ1) is 6.45. The molecule has 6 nitrogen and oxygen atoms in total. The lowest BCUT2D eigenvalue weighted by Crippen LogP contribution is -2.30. The average molecular weight is 215 g/mol. The monoisotopic (exact) mass is 215 g/mol. The second-order valence-corrected chi connectivity index (χ2v) is 3.55. The maximum absolute atomic E-state index is 11.6. The molecule has 1 aromatic heterocycles. The van der Waals surface area contributed by atoms with Crippen LogP contribution < -0.4 is 5.73 Å². The Kier molecular flexibility index (Phi) is 2.90. The van der Waals surface area contributed by atoms with Crippen molar-refractivity contribution < 1.29 is 4.79 Å². The van der Waals surface area contributed by atoms with Gasteiger partial charge in [0, 0.05) is 14.1 Å². The SMILES string of the molecule is CC(C(=O)N(C)C)n1c(N)n[nH]c1=S. The van der Waals surface area contributed by atoms with E-state index in [1.165, 1.54) is 9.47 Å². The number of aromatic amines is 1. The average Bonchev–Trinajstić information content (AvgIpc) is 2.44. The van der Waals surface area contributed by atoms with Gasteiger partial charge in [0.1, 0.15) is 6.04 Å². The number of nitrogens with two attached hydrogens (primary N) is 1. The third-order valence-corrected chi connectivity index (χ3v) is 2.21. The van der Waals surface area contributed by atoms with Gasteiger partial charge in [-0.3, -0.25) is 9.36 Å². The first-order valence-electron chi connectivity index (χ1n) is 4.08. The lowest BCUT2D eigenvalue weighted by atomic mass is 10.3. The fraction of sp³-hybridized carbons (Fsp3) is 0.571. The normalized spacial score (nSPS) is 12.5. The lowest BCUT2D eigenvalue weighted by molar-refractivity contribution is -0.131. The molecule has 78 valence electrons. The number of H-pyrrole nitrogens is 1. The molecule has 1 amide bonds. The number of likely N-dealkylation sites (N-methyl/N-ethyl adjacent to an activating group) is 1. The Morgan fingerprint density at radius 2 is 2.29 bits per heavy atom. The zero-order chi connectivity index (χ0) is 10.9. The van der Waals surface area contributed by atoms with Crippen LogP contribution in [-0.4, -0.2) is 39.7 Å². The Morgan fingerprint density at radius 1 is 1.71 bits per heavy atom. The maximum atomic E-state index is 11.6. The molecule has 0 saturated carbocycles. The van der Waals surface area contributed by atoms with Gasteiger partial charge in [-0.15, -0.1) is 5.10 Å². The molecule has 1 atom stereocenters. The van der Waals surface area contributed by atoms with E-state index in [9.17, 15) is 4.79 Å².